The van der Waals surface area contributed by atoms with E-state index in [1.54, 1.807) is 30.5 Å². The predicted molar refractivity (Wildman–Crippen MR) is 129 cm³/mol. The fraction of sp³-hybridized carbons (Fsp3) is 0.217. The first kappa shape index (κ1) is 25.4. The Balaban J connectivity index is 1.46. The Labute approximate surface area is 210 Å². The van der Waals surface area contributed by atoms with E-state index in [2.05, 4.69) is 20.0 Å². The SMILES string of the molecule is COC(=O)[C@H](Cc1ccc(OC)c(F)c1)n1cc(CNS(=O)(=O)c2ccc(-c3ccccn3)s2)nn1. The summed E-state index contributed by atoms with van der Waals surface area (Å²) in [5.74, 6) is -1.09. The average Bonchev–Trinajstić information content (AvgIpc) is 3.57. The summed E-state index contributed by atoms with van der Waals surface area (Å²) in [5, 5.41) is 7.93. The highest BCUT2D eigenvalue weighted by Crippen LogP contribution is 2.29. The van der Waals surface area contributed by atoms with Gasteiger partial charge in [0.1, 0.15) is 4.21 Å². The fourth-order valence-electron chi connectivity index (χ4n) is 3.38. The molecule has 0 spiro atoms. The van der Waals surface area contributed by atoms with Gasteiger partial charge in [-0.25, -0.2) is 27.0 Å². The lowest BCUT2D eigenvalue weighted by atomic mass is 10.1. The van der Waals surface area contributed by atoms with Crippen molar-refractivity contribution in [1.82, 2.24) is 24.7 Å². The Hall–Kier alpha value is -3.68. The third-order valence-electron chi connectivity index (χ3n) is 5.20. The largest absolute Gasteiger partial charge is 0.494 e. The van der Waals surface area contributed by atoms with Crippen LogP contribution in [0.15, 0.2) is 65.1 Å². The number of aromatic nitrogens is 4. The molecule has 0 aliphatic heterocycles. The predicted octanol–water partition coefficient (Wildman–Crippen LogP) is 2.98. The third kappa shape index (κ3) is 5.75. The lowest BCUT2D eigenvalue weighted by Gasteiger charge is -2.15. The highest BCUT2D eigenvalue weighted by atomic mass is 32.2. The summed E-state index contributed by atoms with van der Waals surface area (Å²) in [6.45, 7) is -0.149. The van der Waals surface area contributed by atoms with Crippen LogP contribution in [0.3, 0.4) is 0 Å². The van der Waals surface area contributed by atoms with Crippen LogP contribution in [0.25, 0.3) is 10.6 Å². The Morgan fingerprint density at radius 3 is 2.72 bits per heavy atom. The van der Waals surface area contributed by atoms with E-state index < -0.39 is 27.9 Å². The fourth-order valence-corrected chi connectivity index (χ4v) is 5.71. The number of rotatable bonds is 10. The number of thiophene rings is 1. The molecule has 0 aliphatic carbocycles. The number of methoxy groups -OCH3 is 2. The molecule has 0 fully saturated rings. The van der Waals surface area contributed by atoms with Crippen LogP contribution in [0.1, 0.15) is 17.3 Å². The van der Waals surface area contributed by atoms with Gasteiger partial charge < -0.3 is 9.47 Å². The number of nitrogens with zero attached hydrogens (tertiary/aromatic N) is 4. The molecule has 13 heteroatoms. The lowest BCUT2D eigenvalue weighted by Crippen LogP contribution is -2.24. The van der Waals surface area contributed by atoms with Crippen LogP contribution in [0.5, 0.6) is 5.75 Å². The number of hydrogen-bond acceptors (Lipinski definition) is 9. The number of nitrogens with one attached hydrogen (secondary N) is 1. The van der Waals surface area contributed by atoms with Gasteiger partial charge in [-0.3, -0.25) is 4.98 Å². The smallest absolute Gasteiger partial charge is 0.331 e. The average molecular weight is 532 g/mol. The minimum Gasteiger partial charge on any atom is -0.494 e. The molecule has 0 amide bonds. The molecule has 10 nitrogen and oxygen atoms in total. The summed E-state index contributed by atoms with van der Waals surface area (Å²) in [7, 11) is -1.23. The summed E-state index contributed by atoms with van der Waals surface area (Å²) in [6, 6.07) is 12.0. The van der Waals surface area contributed by atoms with Crippen molar-refractivity contribution in [2.75, 3.05) is 14.2 Å². The number of pyridine rings is 1. The second-order valence-corrected chi connectivity index (χ2v) is 10.6. The standard InChI is InChI=1S/C23H22FN5O5S2/c1-33-20-7-6-15(11-17(20)24)12-19(23(30)34-2)29-14-16(27-28-29)13-26-36(31,32)22-9-8-21(35-22)18-5-3-4-10-25-18/h3-11,14,19,26H,12-13H2,1-2H3/t19-/m0/s1. The van der Waals surface area contributed by atoms with Crippen molar-refractivity contribution in [3.63, 3.8) is 0 Å². The normalized spacial score (nSPS) is 12.3. The summed E-state index contributed by atoms with van der Waals surface area (Å²) in [5.41, 5.74) is 1.48. The first-order valence-corrected chi connectivity index (χ1v) is 12.9. The molecular weight excluding hydrogens is 509 g/mol. The number of hydrogen-bond donors (Lipinski definition) is 1. The maximum atomic E-state index is 14.1. The van der Waals surface area contributed by atoms with Gasteiger partial charge >= 0.3 is 5.97 Å². The van der Waals surface area contributed by atoms with Crippen LogP contribution in [-0.2, 0) is 32.5 Å². The van der Waals surface area contributed by atoms with Crippen LogP contribution in [-0.4, -0.2) is 48.6 Å². The topological polar surface area (TPSA) is 125 Å². The van der Waals surface area contributed by atoms with E-state index in [0.717, 1.165) is 16.2 Å². The number of halogens is 1. The minimum absolute atomic E-state index is 0.0770. The second-order valence-electron chi connectivity index (χ2n) is 7.56. The van der Waals surface area contributed by atoms with Gasteiger partial charge in [-0.15, -0.1) is 16.4 Å². The Morgan fingerprint density at radius 1 is 1.19 bits per heavy atom. The van der Waals surface area contributed by atoms with Crippen molar-refractivity contribution < 1.29 is 27.1 Å². The van der Waals surface area contributed by atoms with Gasteiger partial charge in [-0.05, 0) is 42.0 Å². The van der Waals surface area contributed by atoms with Gasteiger partial charge in [0, 0.05) is 12.6 Å². The van der Waals surface area contributed by atoms with Gasteiger partial charge in [0.05, 0.1) is 43.2 Å². The summed E-state index contributed by atoms with van der Waals surface area (Å²) >= 11 is 1.10. The number of carbonyl (C=O) groups is 1. The van der Waals surface area contributed by atoms with Crippen molar-refractivity contribution in [3.8, 4) is 16.3 Å². The molecule has 0 radical (unpaired) electrons. The molecule has 3 aromatic heterocycles. The molecule has 188 valence electrons. The van der Waals surface area contributed by atoms with E-state index in [9.17, 15) is 17.6 Å². The van der Waals surface area contributed by atoms with Crippen molar-refractivity contribution in [1.29, 1.82) is 0 Å². The molecule has 1 atom stereocenters. The molecule has 1 aromatic carbocycles. The second kappa shape index (κ2) is 10.9. The number of sulfonamides is 1. The zero-order valence-electron chi connectivity index (χ0n) is 19.3. The molecule has 1 N–H and O–H groups in total. The van der Waals surface area contributed by atoms with Crippen LogP contribution >= 0.6 is 11.3 Å². The maximum Gasteiger partial charge on any atom is 0.331 e. The highest BCUT2D eigenvalue weighted by molar-refractivity contribution is 7.91. The maximum absolute atomic E-state index is 14.1. The Bertz CT molecular complexity index is 1460. The van der Waals surface area contributed by atoms with E-state index >= 15 is 0 Å². The van der Waals surface area contributed by atoms with Crippen molar-refractivity contribution >= 4 is 27.3 Å². The summed E-state index contributed by atoms with van der Waals surface area (Å²) in [6.07, 6.45) is 3.16. The van der Waals surface area contributed by atoms with E-state index in [-0.39, 0.29) is 28.6 Å². The van der Waals surface area contributed by atoms with Crippen LogP contribution in [0.2, 0.25) is 0 Å². The zero-order valence-corrected chi connectivity index (χ0v) is 20.9. The Kier molecular flexibility index (Phi) is 7.72. The minimum atomic E-state index is -3.82. The molecule has 4 aromatic rings. The third-order valence-corrected chi connectivity index (χ3v) is 8.20. The van der Waals surface area contributed by atoms with Crippen molar-refractivity contribution in [2.24, 2.45) is 0 Å². The van der Waals surface area contributed by atoms with Gasteiger partial charge in [-0.2, -0.15) is 0 Å². The number of ether oxygens (including phenoxy) is 2. The molecule has 3 heterocycles. The Morgan fingerprint density at radius 2 is 2.03 bits per heavy atom. The van der Waals surface area contributed by atoms with Gasteiger partial charge in [-0.1, -0.05) is 17.3 Å². The molecule has 0 bridgehead atoms. The van der Waals surface area contributed by atoms with Crippen LogP contribution in [0.4, 0.5) is 4.39 Å². The van der Waals surface area contributed by atoms with Crippen LogP contribution in [0, 0.1) is 5.82 Å². The molecule has 0 aliphatic rings. The van der Waals surface area contributed by atoms with Gasteiger partial charge in [0.15, 0.2) is 17.6 Å². The van der Waals surface area contributed by atoms with E-state index in [1.165, 1.54) is 43.3 Å². The number of esters is 1. The van der Waals surface area contributed by atoms with E-state index in [1.807, 2.05) is 6.07 Å². The summed E-state index contributed by atoms with van der Waals surface area (Å²) in [4.78, 5) is 17.4. The zero-order chi connectivity index (χ0) is 25.7. The number of benzene rings is 1. The van der Waals surface area contributed by atoms with Crippen molar-refractivity contribution in [2.45, 2.75) is 23.2 Å². The molecule has 0 saturated heterocycles. The first-order chi connectivity index (χ1) is 17.3. The molecule has 0 unspecified atom stereocenters. The lowest BCUT2D eigenvalue weighted by molar-refractivity contribution is -0.144. The first-order valence-electron chi connectivity index (χ1n) is 10.6. The van der Waals surface area contributed by atoms with Crippen LogP contribution < -0.4 is 9.46 Å². The molecule has 36 heavy (non-hydrogen) atoms. The van der Waals surface area contributed by atoms with Gasteiger partial charge in [0.2, 0.25) is 10.0 Å². The van der Waals surface area contributed by atoms with Gasteiger partial charge in [0.25, 0.3) is 0 Å². The molecule has 0 saturated carbocycles. The van der Waals surface area contributed by atoms with E-state index in [4.69, 9.17) is 9.47 Å². The number of carbonyl (C=O) groups excluding carboxylic acids is 1. The van der Waals surface area contributed by atoms with Crippen molar-refractivity contribution in [3.05, 3.63) is 78.0 Å². The monoisotopic (exact) mass is 531 g/mol. The molecule has 4 rings (SSSR count). The van der Waals surface area contributed by atoms with E-state index in [0.29, 0.717) is 11.3 Å². The summed E-state index contributed by atoms with van der Waals surface area (Å²) < 4.78 is 53.3. The highest BCUT2D eigenvalue weighted by Gasteiger charge is 2.25. The quantitative estimate of drug-likeness (QED) is 0.310. The molecular formula is C23H22FN5O5S2.